The second-order valence-corrected chi connectivity index (χ2v) is 6.01. The minimum absolute atomic E-state index is 0.712. The van der Waals surface area contributed by atoms with E-state index >= 15 is 0 Å². The van der Waals surface area contributed by atoms with Crippen molar-refractivity contribution in [2.75, 3.05) is 19.6 Å². The van der Waals surface area contributed by atoms with Crippen LogP contribution in [0.4, 0.5) is 0 Å². The van der Waals surface area contributed by atoms with E-state index in [1.54, 1.807) is 0 Å². The Hall–Kier alpha value is -0.0900. The summed E-state index contributed by atoms with van der Waals surface area (Å²) in [6.45, 7) is 4.02. The number of piperidine rings is 1. The predicted octanol–water partition coefficient (Wildman–Crippen LogP) is 3.27. The zero-order valence-electron chi connectivity index (χ0n) is 9.83. The molecule has 2 N–H and O–H groups in total. The van der Waals surface area contributed by atoms with Gasteiger partial charge in [0, 0.05) is 16.0 Å². The van der Waals surface area contributed by atoms with Gasteiger partial charge in [-0.15, -0.1) is 0 Å². The average molecular weight is 318 g/mol. The minimum Gasteiger partial charge on any atom is -0.330 e. The van der Waals surface area contributed by atoms with Gasteiger partial charge in [0.05, 0.1) is 0 Å². The Balaban J connectivity index is 1.95. The molecule has 2 nitrogen and oxygen atoms in total. The summed E-state index contributed by atoms with van der Waals surface area (Å²) in [7, 11) is 0. The lowest BCUT2D eigenvalue weighted by atomic mass is 9.97. The van der Waals surface area contributed by atoms with Gasteiger partial charge >= 0.3 is 0 Å². The first kappa shape index (κ1) is 13.3. The molecule has 1 aliphatic rings. The number of hydrogen-bond acceptors (Lipinski definition) is 2. The molecule has 1 heterocycles. The standard InChI is InChI=1S/C13H18BrClN2/c14-12-1-2-13(15)11(7-12)9-17-5-3-10(8-16)4-6-17/h1-2,7,10H,3-6,8-9,16H2. The number of nitrogens with zero attached hydrogens (tertiary/aromatic N) is 1. The lowest BCUT2D eigenvalue weighted by Gasteiger charge is -2.31. The van der Waals surface area contributed by atoms with E-state index in [-0.39, 0.29) is 0 Å². The largest absolute Gasteiger partial charge is 0.330 e. The number of nitrogens with two attached hydrogens (primary N) is 1. The van der Waals surface area contributed by atoms with Crippen LogP contribution >= 0.6 is 27.5 Å². The molecule has 1 aromatic rings. The van der Waals surface area contributed by atoms with Crippen LogP contribution in [-0.4, -0.2) is 24.5 Å². The topological polar surface area (TPSA) is 29.3 Å². The van der Waals surface area contributed by atoms with Gasteiger partial charge in [-0.25, -0.2) is 0 Å². The van der Waals surface area contributed by atoms with Gasteiger partial charge < -0.3 is 5.73 Å². The quantitative estimate of drug-likeness (QED) is 0.927. The molecular formula is C13H18BrClN2. The zero-order chi connectivity index (χ0) is 12.3. The van der Waals surface area contributed by atoms with Crippen molar-refractivity contribution in [2.24, 2.45) is 11.7 Å². The Morgan fingerprint density at radius 3 is 2.71 bits per heavy atom. The molecule has 0 amide bonds. The third-order valence-electron chi connectivity index (χ3n) is 3.44. The van der Waals surface area contributed by atoms with Gasteiger partial charge in [0.1, 0.15) is 0 Å². The van der Waals surface area contributed by atoms with Gasteiger partial charge in [0.15, 0.2) is 0 Å². The third kappa shape index (κ3) is 3.68. The summed E-state index contributed by atoms with van der Waals surface area (Å²) >= 11 is 9.69. The van der Waals surface area contributed by atoms with Crippen LogP contribution in [0.25, 0.3) is 0 Å². The summed E-state index contributed by atoms with van der Waals surface area (Å²) in [6, 6.07) is 6.04. The van der Waals surface area contributed by atoms with E-state index in [1.165, 1.54) is 18.4 Å². The Bertz CT molecular complexity index is 376. The van der Waals surface area contributed by atoms with Crippen LogP contribution in [0.2, 0.25) is 5.02 Å². The first-order valence-electron chi connectivity index (χ1n) is 6.05. The van der Waals surface area contributed by atoms with Crippen LogP contribution in [0, 0.1) is 5.92 Å². The molecule has 4 heteroatoms. The van der Waals surface area contributed by atoms with Crippen molar-refractivity contribution in [1.29, 1.82) is 0 Å². The Kier molecular flexibility index (Phi) is 4.86. The van der Waals surface area contributed by atoms with Crippen LogP contribution in [0.5, 0.6) is 0 Å². The molecule has 0 saturated carbocycles. The first-order valence-corrected chi connectivity index (χ1v) is 7.22. The molecule has 0 aromatic heterocycles. The van der Waals surface area contributed by atoms with E-state index in [4.69, 9.17) is 17.3 Å². The molecule has 0 radical (unpaired) electrons. The summed E-state index contributed by atoms with van der Waals surface area (Å²) < 4.78 is 1.09. The van der Waals surface area contributed by atoms with E-state index in [9.17, 15) is 0 Å². The molecule has 1 aromatic carbocycles. The lowest BCUT2D eigenvalue weighted by molar-refractivity contribution is 0.180. The van der Waals surface area contributed by atoms with E-state index in [0.29, 0.717) is 5.92 Å². The fraction of sp³-hybridized carbons (Fsp3) is 0.538. The Morgan fingerprint density at radius 1 is 1.35 bits per heavy atom. The lowest BCUT2D eigenvalue weighted by Crippen LogP contribution is -2.35. The van der Waals surface area contributed by atoms with Crippen molar-refractivity contribution in [3.05, 3.63) is 33.3 Å². The molecule has 1 aliphatic heterocycles. The highest BCUT2D eigenvalue weighted by molar-refractivity contribution is 9.10. The van der Waals surface area contributed by atoms with Gasteiger partial charge in [0.25, 0.3) is 0 Å². The maximum absolute atomic E-state index is 6.20. The number of halogens is 2. The van der Waals surface area contributed by atoms with E-state index < -0.39 is 0 Å². The Labute approximate surface area is 116 Å². The van der Waals surface area contributed by atoms with Crippen LogP contribution in [0.15, 0.2) is 22.7 Å². The summed E-state index contributed by atoms with van der Waals surface area (Å²) in [5, 5.41) is 0.856. The molecule has 1 saturated heterocycles. The molecule has 1 fully saturated rings. The van der Waals surface area contributed by atoms with Crippen molar-refractivity contribution < 1.29 is 0 Å². The van der Waals surface area contributed by atoms with Crippen molar-refractivity contribution in [3.63, 3.8) is 0 Å². The van der Waals surface area contributed by atoms with E-state index in [0.717, 1.165) is 35.7 Å². The van der Waals surface area contributed by atoms with Crippen LogP contribution in [0.1, 0.15) is 18.4 Å². The number of rotatable bonds is 3. The molecule has 0 aliphatic carbocycles. The number of benzene rings is 1. The van der Waals surface area contributed by atoms with Gasteiger partial charge in [-0.2, -0.15) is 0 Å². The fourth-order valence-electron chi connectivity index (χ4n) is 2.29. The third-order valence-corrected chi connectivity index (χ3v) is 4.30. The maximum Gasteiger partial charge on any atom is 0.0451 e. The van der Waals surface area contributed by atoms with Crippen LogP contribution < -0.4 is 5.73 Å². The highest BCUT2D eigenvalue weighted by Gasteiger charge is 2.18. The zero-order valence-corrected chi connectivity index (χ0v) is 12.2. The monoisotopic (exact) mass is 316 g/mol. The maximum atomic E-state index is 6.20. The first-order chi connectivity index (χ1) is 8.19. The molecule has 17 heavy (non-hydrogen) atoms. The predicted molar refractivity (Wildman–Crippen MR) is 76.2 cm³/mol. The van der Waals surface area contributed by atoms with Crippen molar-refractivity contribution in [2.45, 2.75) is 19.4 Å². The molecule has 0 spiro atoms. The Morgan fingerprint density at radius 2 is 2.06 bits per heavy atom. The summed E-state index contributed by atoms with van der Waals surface area (Å²) in [4.78, 5) is 2.46. The second kappa shape index (κ2) is 6.19. The SMILES string of the molecule is NCC1CCN(Cc2cc(Br)ccc2Cl)CC1. The summed E-state index contributed by atoms with van der Waals surface area (Å²) in [5.41, 5.74) is 6.90. The molecule has 2 rings (SSSR count). The van der Waals surface area contributed by atoms with Crippen LogP contribution in [-0.2, 0) is 6.54 Å². The van der Waals surface area contributed by atoms with Crippen molar-refractivity contribution in [3.8, 4) is 0 Å². The van der Waals surface area contributed by atoms with Crippen molar-refractivity contribution in [1.82, 2.24) is 4.90 Å². The minimum atomic E-state index is 0.712. The van der Waals surface area contributed by atoms with Crippen molar-refractivity contribution >= 4 is 27.5 Å². The van der Waals surface area contributed by atoms with Gasteiger partial charge in [0.2, 0.25) is 0 Å². The van der Waals surface area contributed by atoms with E-state index in [2.05, 4.69) is 26.9 Å². The fourth-order valence-corrected chi connectivity index (χ4v) is 2.87. The van der Waals surface area contributed by atoms with Crippen LogP contribution in [0.3, 0.4) is 0 Å². The summed E-state index contributed by atoms with van der Waals surface area (Å²) in [6.07, 6.45) is 2.42. The van der Waals surface area contributed by atoms with Gasteiger partial charge in [-0.05, 0) is 62.2 Å². The van der Waals surface area contributed by atoms with Gasteiger partial charge in [-0.3, -0.25) is 4.90 Å². The molecule has 0 unspecified atom stereocenters. The molecule has 0 atom stereocenters. The number of likely N-dealkylation sites (tertiary alicyclic amines) is 1. The number of hydrogen-bond donors (Lipinski definition) is 1. The molecule has 0 bridgehead atoms. The smallest absolute Gasteiger partial charge is 0.0451 e. The summed E-state index contributed by atoms with van der Waals surface area (Å²) in [5.74, 6) is 0.712. The molecular weight excluding hydrogens is 300 g/mol. The molecule has 94 valence electrons. The average Bonchev–Trinajstić information content (AvgIpc) is 2.35. The van der Waals surface area contributed by atoms with E-state index in [1.807, 2.05) is 12.1 Å². The normalized spacial score (nSPS) is 18.5. The second-order valence-electron chi connectivity index (χ2n) is 4.69. The van der Waals surface area contributed by atoms with Gasteiger partial charge in [-0.1, -0.05) is 27.5 Å². The highest BCUT2D eigenvalue weighted by atomic mass is 79.9. The highest BCUT2D eigenvalue weighted by Crippen LogP contribution is 2.24.